The van der Waals surface area contributed by atoms with Crippen molar-refractivity contribution in [2.24, 2.45) is 0 Å². The van der Waals surface area contributed by atoms with Gasteiger partial charge in [0.1, 0.15) is 12.3 Å². The number of hydrogen-bond acceptors (Lipinski definition) is 1. The van der Waals surface area contributed by atoms with Crippen molar-refractivity contribution in [1.29, 1.82) is 0 Å². The Bertz CT molecular complexity index is 240. The fourth-order valence-electron chi connectivity index (χ4n) is 1.05. The average Bonchev–Trinajstić information content (AvgIpc) is 2.33. The van der Waals surface area contributed by atoms with E-state index in [1.165, 1.54) is 0 Å². The van der Waals surface area contributed by atoms with Crippen LogP contribution in [0.4, 0.5) is 0 Å². The second-order valence-corrected chi connectivity index (χ2v) is 3.42. The SMILES string of the molecule is CC(C)On1ccc[n+]1C(C)C. The molecule has 1 heterocycles. The molecule has 0 radical (unpaired) electrons. The van der Waals surface area contributed by atoms with Gasteiger partial charge in [0.2, 0.25) is 0 Å². The minimum absolute atomic E-state index is 0.211. The summed E-state index contributed by atoms with van der Waals surface area (Å²) < 4.78 is 2.04. The van der Waals surface area contributed by atoms with Gasteiger partial charge in [-0.2, -0.15) is 0 Å². The van der Waals surface area contributed by atoms with E-state index in [1.807, 2.05) is 37.0 Å². The molecule has 0 spiro atoms. The van der Waals surface area contributed by atoms with E-state index in [1.54, 1.807) is 4.85 Å². The van der Waals surface area contributed by atoms with Crippen molar-refractivity contribution in [2.75, 3.05) is 0 Å². The van der Waals surface area contributed by atoms with E-state index >= 15 is 0 Å². The Balaban J connectivity index is 2.77. The van der Waals surface area contributed by atoms with Crippen LogP contribution < -0.4 is 9.52 Å². The Morgan fingerprint density at radius 2 is 1.92 bits per heavy atom. The van der Waals surface area contributed by atoms with Crippen LogP contribution in [0.3, 0.4) is 0 Å². The lowest BCUT2D eigenvalue weighted by Gasteiger charge is -2.08. The lowest BCUT2D eigenvalue weighted by Crippen LogP contribution is -2.48. The van der Waals surface area contributed by atoms with Crippen LogP contribution in [0.2, 0.25) is 0 Å². The van der Waals surface area contributed by atoms with Gasteiger partial charge in [-0.25, -0.2) is 0 Å². The standard InChI is InChI=1S/C9H17N2O/c1-8(2)10-6-5-7-11(10)12-9(3)4/h5-9H,1-4H3/q+1. The van der Waals surface area contributed by atoms with Crippen LogP contribution in [-0.4, -0.2) is 10.9 Å². The highest BCUT2D eigenvalue weighted by molar-refractivity contribution is 4.69. The van der Waals surface area contributed by atoms with E-state index in [0.717, 1.165) is 0 Å². The lowest BCUT2D eigenvalue weighted by atomic mass is 10.4. The van der Waals surface area contributed by atoms with Gasteiger partial charge in [-0.15, -0.1) is 0 Å². The summed E-state index contributed by atoms with van der Waals surface area (Å²) >= 11 is 0. The first-order valence-corrected chi connectivity index (χ1v) is 4.37. The van der Waals surface area contributed by atoms with Crippen LogP contribution in [0, 0.1) is 0 Å². The van der Waals surface area contributed by atoms with Crippen LogP contribution in [0.25, 0.3) is 0 Å². The monoisotopic (exact) mass is 169 g/mol. The number of aromatic nitrogens is 2. The molecule has 1 rings (SSSR count). The quantitative estimate of drug-likeness (QED) is 0.622. The molecule has 0 amide bonds. The average molecular weight is 169 g/mol. The highest BCUT2D eigenvalue weighted by Crippen LogP contribution is 1.92. The third kappa shape index (κ3) is 2.00. The molecule has 0 aromatic carbocycles. The van der Waals surface area contributed by atoms with Crippen molar-refractivity contribution in [1.82, 2.24) is 4.85 Å². The summed E-state index contributed by atoms with van der Waals surface area (Å²) in [5, 5.41) is 0. The number of nitrogens with zero attached hydrogens (tertiary/aromatic N) is 2. The van der Waals surface area contributed by atoms with Gasteiger partial charge in [0.05, 0.1) is 0 Å². The molecule has 3 nitrogen and oxygen atoms in total. The molecule has 0 N–H and O–H groups in total. The van der Waals surface area contributed by atoms with Gasteiger partial charge in [0, 0.05) is 10.9 Å². The van der Waals surface area contributed by atoms with Crippen molar-refractivity contribution in [3.63, 3.8) is 0 Å². The molecule has 0 unspecified atom stereocenters. The molecule has 68 valence electrons. The second-order valence-electron chi connectivity index (χ2n) is 3.42. The summed E-state index contributed by atoms with van der Waals surface area (Å²) in [5.74, 6) is 0. The van der Waals surface area contributed by atoms with E-state index < -0.39 is 0 Å². The molecule has 0 aliphatic rings. The topological polar surface area (TPSA) is 18.0 Å². The van der Waals surface area contributed by atoms with Crippen molar-refractivity contribution >= 4 is 0 Å². The zero-order valence-electron chi connectivity index (χ0n) is 8.19. The van der Waals surface area contributed by atoms with Gasteiger partial charge < -0.3 is 4.84 Å². The van der Waals surface area contributed by atoms with E-state index in [9.17, 15) is 0 Å². The van der Waals surface area contributed by atoms with Crippen LogP contribution >= 0.6 is 0 Å². The van der Waals surface area contributed by atoms with Gasteiger partial charge in [-0.05, 0) is 27.7 Å². The van der Waals surface area contributed by atoms with Gasteiger partial charge in [0.25, 0.3) is 0 Å². The molecule has 0 saturated carbocycles. The molecule has 1 aromatic heterocycles. The summed E-state index contributed by atoms with van der Waals surface area (Å²) in [5.41, 5.74) is 0. The molecule has 0 saturated heterocycles. The molecule has 0 bridgehead atoms. The Labute approximate surface area is 73.5 Å². The predicted octanol–water partition coefficient (Wildman–Crippen LogP) is 1.19. The summed E-state index contributed by atoms with van der Waals surface area (Å²) in [4.78, 5) is 7.30. The molecular formula is C9H17N2O+. The molecule has 12 heavy (non-hydrogen) atoms. The van der Waals surface area contributed by atoms with Gasteiger partial charge in [0.15, 0.2) is 12.2 Å². The number of hydrogen-bond donors (Lipinski definition) is 0. The van der Waals surface area contributed by atoms with Crippen molar-refractivity contribution in [3.05, 3.63) is 18.5 Å². The fraction of sp³-hybridized carbons (Fsp3) is 0.667. The normalized spacial score (nSPS) is 11.2. The van der Waals surface area contributed by atoms with Gasteiger partial charge in [-0.1, -0.05) is 4.68 Å². The first-order chi connectivity index (χ1) is 5.61. The predicted molar refractivity (Wildman–Crippen MR) is 46.7 cm³/mol. The Morgan fingerprint density at radius 3 is 2.42 bits per heavy atom. The van der Waals surface area contributed by atoms with Crippen molar-refractivity contribution < 1.29 is 9.52 Å². The third-order valence-corrected chi connectivity index (χ3v) is 1.53. The molecule has 0 aliphatic heterocycles. The number of rotatable bonds is 3. The molecule has 1 aromatic rings. The molecule has 0 atom stereocenters. The van der Waals surface area contributed by atoms with E-state index in [0.29, 0.717) is 6.04 Å². The summed E-state index contributed by atoms with van der Waals surface area (Å²) in [7, 11) is 0. The van der Waals surface area contributed by atoms with E-state index in [4.69, 9.17) is 4.84 Å². The first-order valence-electron chi connectivity index (χ1n) is 4.37. The summed E-state index contributed by atoms with van der Waals surface area (Å²) in [6.07, 6.45) is 4.13. The maximum Gasteiger partial charge on any atom is 0.199 e. The zero-order valence-corrected chi connectivity index (χ0v) is 8.19. The van der Waals surface area contributed by atoms with Gasteiger partial charge in [-0.3, -0.25) is 0 Å². The van der Waals surface area contributed by atoms with Crippen LogP contribution in [0.5, 0.6) is 0 Å². The van der Waals surface area contributed by atoms with Gasteiger partial charge >= 0.3 is 0 Å². The van der Waals surface area contributed by atoms with Crippen molar-refractivity contribution in [3.8, 4) is 0 Å². The largest absolute Gasteiger partial charge is 0.366 e. The van der Waals surface area contributed by atoms with Crippen LogP contribution in [-0.2, 0) is 0 Å². The van der Waals surface area contributed by atoms with Crippen LogP contribution in [0.1, 0.15) is 33.7 Å². The minimum atomic E-state index is 0.211. The molecule has 3 heteroatoms. The minimum Gasteiger partial charge on any atom is -0.366 e. The zero-order chi connectivity index (χ0) is 9.14. The molecule has 0 fully saturated rings. The Morgan fingerprint density at radius 1 is 1.25 bits per heavy atom. The van der Waals surface area contributed by atoms with E-state index in [-0.39, 0.29) is 6.10 Å². The molecule has 0 aliphatic carbocycles. The summed E-state index contributed by atoms with van der Waals surface area (Å²) in [6, 6.07) is 2.40. The first kappa shape index (κ1) is 9.10. The Hall–Kier alpha value is -0.990. The van der Waals surface area contributed by atoms with Crippen LogP contribution in [0.15, 0.2) is 18.5 Å². The maximum atomic E-state index is 5.53. The smallest absolute Gasteiger partial charge is 0.199 e. The maximum absolute atomic E-state index is 5.53. The fourth-order valence-corrected chi connectivity index (χ4v) is 1.05. The second kappa shape index (κ2) is 3.61. The van der Waals surface area contributed by atoms with E-state index in [2.05, 4.69) is 13.8 Å². The Kier molecular flexibility index (Phi) is 2.74. The lowest BCUT2D eigenvalue weighted by molar-refractivity contribution is -0.815. The van der Waals surface area contributed by atoms with Crippen molar-refractivity contribution in [2.45, 2.75) is 39.8 Å². The highest BCUT2D eigenvalue weighted by Gasteiger charge is 2.13. The third-order valence-electron chi connectivity index (χ3n) is 1.53. The highest BCUT2D eigenvalue weighted by atomic mass is 16.7. The molecular weight excluding hydrogens is 152 g/mol. The summed E-state index contributed by atoms with van der Waals surface area (Å²) in [6.45, 7) is 8.29.